The first kappa shape index (κ1) is 17.1. The summed E-state index contributed by atoms with van der Waals surface area (Å²) in [5.41, 5.74) is 0.943. The average Bonchev–Trinajstić information content (AvgIpc) is 2.38. The molecular weight excluding hydrogens is 329 g/mol. The molecule has 2 rings (SSSR count). The number of nitrogens with one attached hydrogen (secondary N) is 1. The highest BCUT2D eigenvalue weighted by Gasteiger charge is 2.27. The molecule has 0 saturated carbocycles. The van der Waals surface area contributed by atoms with E-state index in [2.05, 4.69) is 19.2 Å². The molecule has 0 aromatic heterocycles. The van der Waals surface area contributed by atoms with E-state index in [-0.39, 0.29) is 17.2 Å². The van der Waals surface area contributed by atoms with Crippen LogP contribution in [0.2, 0.25) is 10.0 Å². The third-order valence-electron chi connectivity index (χ3n) is 4.00. The number of hydrogen-bond donors (Lipinski definition) is 1. The topological polar surface area (TPSA) is 46.2 Å². The predicted molar refractivity (Wildman–Crippen MR) is 89.2 cm³/mol. The fourth-order valence-electron chi connectivity index (χ4n) is 2.60. The lowest BCUT2D eigenvalue weighted by Gasteiger charge is -2.30. The highest BCUT2D eigenvalue weighted by molar-refractivity contribution is 7.91. The van der Waals surface area contributed by atoms with Gasteiger partial charge in [0.15, 0.2) is 9.84 Å². The van der Waals surface area contributed by atoms with Gasteiger partial charge in [-0.15, -0.1) is 0 Å². The molecule has 1 aromatic rings. The minimum Gasteiger partial charge on any atom is -0.312 e. The minimum absolute atomic E-state index is 0.0470. The maximum Gasteiger partial charge on any atom is 0.151 e. The molecule has 1 fully saturated rings. The van der Waals surface area contributed by atoms with Gasteiger partial charge in [0, 0.05) is 18.0 Å². The summed E-state index contributed by atoms with van der Waals surface area (Å²) in [6.07, 6.45) is 1.66. The first-order valence-electron chi connectivity index (χ1n) is 7.09. The second kappa shape index (κ2) is 6.45. The highest BCUT2D eigenvalue weighted by Crippen LogP contribution is 2.29. The van der Waals surface area contributed by atoms with Crippen molar-refractivity contribution in [2.24, 2.45) is 0 Å². The van der Waals surface area contributed by atoms with Gasteiger partial charge in [0.25, 0.3) is 0 Å². The van der Waals surface area contributed by atoms with E-state index in [1.165, 1.54) is 0 Å². The van der Waals surface area contributed by atoms with Crippen molar-refractivity contribution in [2.45, 2.75) is 38.1 Å². The van der Waals surface area contributed by atoms with Gasteiger partial charge in [-0.1, -0.05) is 43.1 Å². The summed E-state index contributed by atoms with van der Waals surface area (Å²) >= 11 is 12.0. The van der Waals surface area contributed by atoms with E-state index < -0.39 is 9.84 Å². The van der Waals surface area contributed by atoms with E-state index in [0.29, 0.717) is 22.3 Å². The molecule has 0 bridgehead atoms. The van der Waals surface area contributed by atoms with Crippen molar-refractivity contribution in [1.29, 1.82) is 0 Å². The number of sulfone groups is 1. The van der Waals surface area contributed by atoms with Crippen molar-refractivity contribution >= 4 is 33.0 Å². The van der Waals surface area contributed by atoms with Crippen LogP contribution in [0.25, 0.3) is 0 Å². The zero-order valence-electron chi connectivity index (χ0n) is 12.3. The summed E-state index contributed by atoms with van der Waals surface area (Å²) in [6, 6.07) is 5.69. The van der Waals surface area contributed by atoms with E-state index in [1.54, 1.807) is 6.07 Å². The largest absolute Gasteiger partial charge is 0.312 e. The monoisotopic (exact) mass is 349 g/mol. The zero-order chi connectivity index (χ0) is 15.7. The van der Waals surface area contributed by atoms with Gasteiger partial charge in [0.05, 0.1) is 21.6 Å². The number of rotatable bonds is 4. The van der Waals surface area contributed by atoms with Gasteiger partial charge in [-0.05, 0) is 30.5 Å². The van der Waals surface area contributed by atoms with Crippen LogP contribution in [0.5, 0.6) is 0 Å². The number of hydrogen-bond acceptors (Lipinski definition) is 3. The Labute approximate surface area is 136 Å². The van der Waals surface area contributed by atoms with Gasteiger partial charge in [-0.25, -0.2) is 8.42 Å². The molecule has 1 N–H and O–H groups in total. The van der Waals surface area contributed by atoms with Crippen LogP contribution >= 0.6 is 23.2 Å². The van der Waals surface area contributed by atoms with Crippen molar-refractivity contribution in [1.82, 2.24) is 5.32 Å². The Balaban J connectivity index is 2.02. The highest BCUT2D eigenvalue weighted by atomic mass is 35.5. The van der Waals surface area contributed by atoms with E-state index in [4.69, 9.17) is 23.2 Å². The second-order valence-electron chi connectivity index (χ2n) is 6.35. The van der Waals surface area contributed by atoms with Gasteiger partial charge in [-0.3, -0.25) is 0 Å². The van der Waals surface area contributed by atoms with E-state index in [0.717, 1.165) is 18.4 Å². The Morgan fingerprint density at radius 1 is 1.29 bits per heavy atom. The summed E-state index contributed by atoms with van der Waals surface area (Å²) in [5.74, 6) is 0.561. The fourth-order valence-corrected chi connectivity index (χ4v) is 4.57. The molecule has 1 aliphatic heterocycles. The Kier molecular flexibility index (Phi) is 5.24. The Morgan fingerprint density at radius 2 is 2.00 bits per heavy atom. The third kappa shape index (κ3) is 4.59. The lowest BCUT2D eigenvalue weighted by atomic mass is 9.84. The van der Waals surface area contributed by atoms with Gasteiger partial charge < -0.3 is 5.32 Å². The molecule has 21 heavy (non-hydrogen) atoms. The standard InChI is InChI=1S/C15H21Cl2NO2S/c1-15(2,11-5-6-13(16)14(17)8-11)10-18-12-4-3-7-21(19,20)9-12/h5-6,8,12,18H,3-4,7,9-10H2,1-2H3. The maximum absolute atomic E-state index is 11.7. The molecule has 0 spiro atoms. The van der Waals surface area contributed by atoms with Crippen LogP contribution in [0.1, 0.15) is 32.3 Å². The molecule has 1 unspecified atom stereocenters. The summed E-state index contributed by atoms with van der Waals surface area (Å²) < 4.78 is 23.3. The number of benzene rings is 1. The maximum atomic E-state index is 11.7. The molecular formula is C15H21Cl2NO2S. The smallest absolute Gasteiger partial charge is 0.151 e. The second-order valence-corrected chi connectivity index (χ2v) is 9.39. The van der Waals surface area contributed by atoms with E-state index >= 15 is 0 Å². The van der Waals surface area contributed by atoms with Crippen molar-refractivity contribution in [3.8, 4) is 0 Å². The molecule has 6 heteroatoms. The van der Waals surface area contributed by atoms with Crippen LogP contribution in [0, 0.1) is 0 Å². The summed E-state index contributed by atoms with van der Waals surface area (Å²) in [6.45, 7) is 4.92. The molecule has 1 aliphatic rings. The van der Waals surface area contributed by atoms with Gasteiger partial charge in [0.1, 0.15) is 0 Å². The van der Waals surface area contributed by atoms with Gasteiger partial charge in [-0.2, -0.15) is 0 Å². The van der Waals surface area contributed by atoms with Crippen molar-refractivity contribution in [2.75, 3.05) is 18.1 Å². The van der Waals surface area contributed by atoms with E-state index in [1.807, 2.05) is 12.1 Å². The van der Waals surface area contributed by atoms with Gasteiger partial charge >= 0.3 is 0 Å². The quantitative estimate of drug-likeness (QED) is 0.905. The predicted octanol–water partition coefficient (Wildman–Crippen LogP) is 3.44. The molecule has 0 radical (unpaired) electrons. The summed E-state index contributed by atoms with van der Waals surface area (Å²) in [4.78, 5) is 0. The average molecular weight is 350 g/mol. The molecule has 1 aromatic carbocycles. The Hall–Kier alpha value is -0.290. The van der Waals surface area contributed by atoms with E-state index in [9.17, 15) is 8.42 Å². The van der Waals surface area contributed by atoms with Crippen LogP contribution in [0.15, 0.2) is 18.2 Å². The van der Waals surface area contributed by atoms with Gasteiger partial charge in [0.2, 0.25) is 0 Å². The minimum atomic E-state index is -2.88. The molecule has 1 saturated heterocycles. The molecule has 0 amide bonds. The molecule has 1 atom stereocenters. The van der Waals surface area contributed by atoms with Crippen LogP contribution in [0.3, 0.4) is 0 Å². The first-order chi connectivity index (χ1) is 9.70. The normalized spacial score (nSPS) is 22.2. The Morgan fingerprint density at radius 3 is 2.62 bits per heavy atom. The summed E-state index contributed by atoms with van der Waals surface area (Å²) in [5, 5.41) is 4.48. The van der Waals surface area contributed by atoms with Crippen LogP contribution in [0.4, 0.5) is 0 Å². The molecule has 0 aliphatic carbocycles. The van der Waals surface area contributed by atoms with Crippen molar-refractivity contribution < 1.29 is 8.42 Å². The van der Waals surface area contributed by atoms with Crippen LogP contribution < -0.4 is 5.32 Å². The van der Waals surface area contributed by atoms with Crippen LogP contribution in [-0.2, 0) is 15.3 Å². The van der Waals surface area contributed by atoms with Crippen molar-refractivity contribution in [3.63, 3.8) is 0 Å². The Bertz CT molecular complexity index is 614. The zero-order valence-corrected chi connectivity index (χ0v) is 14.7. The molecule has 1 heterocycles. The number of halogens is 2. The van der Waals surface area contributed by atoms with Crippen molar-refractivity contribution in [3.05, 3.63) is 33.8 Å². The first-order valence-corrected chi connectivity index (χ1v) is 9.67. The molecule has 3 nitrogen and oxygen atoms in total. The third-order valence-corrected chi connectivity index (χ3v) is 6.56. The summed E-state index contributed by atoms with van der Waals surface area (Å²) in [7, 11) is -2.88. The lowest BCUT2D eigenvalue weighted by molar-refractivity contribution is 0.408. The van der Waals surface area contributed by atoms with Crippen LogP contribution in [-0.4, -0.2) is 32.5 Å². The lowest BCUT2D eigenvalue weighted by Crippen LogP contribution is -2.45. The molecule has 118 valence electrons. The SMILES string of the molecule is CC(C)(CNC1CCCS(=O)(=O)C1)c1ccc(Cl)c(Cl)c1. The fraction of sp³-hybridized carbons (Fsp3) is 0.600.